The van der Waals surface area contributed by atoms with Gasteiger partial charge in [0.2, 0.25) is 5.76 Å². The monoisotopic (exact) mass is 516 g/mol. The molecule has 0 radical (unpaired) electrons. The molecule has 9 nitrogen and oxygen atoms in total. The predicted octanol–water partition coefficient (Wildman–Crippen LogP) is 4.78. The molecular weight excluding hydrogens is 488 g/mol. The molecule has 0 spiro atoms. The minimum absolute atomic E-state index is 0.0168. The Hall–Kier alpha value is -4.79. The van der Waals surface area contributed by atoms with Gasteiger partial charge in [-0.1, -0.05) is 35.9 Å². The lowest BCUT2D eigenvalue weighted by Crippen LogP contribution is -2.30. The summed E-state index contributed by atoms with van der Waals surface area (Å²) in [5.41, 5.74) is 3.73. The van der Waals surface area contributed by atoms with Crippen molar-refractivity contribution in [2.24, 2.45) is 0 Å². The van der Waals surface area contributed by atoms with Crippen LogP contribution in [0.2, 0.25) is 0 Å². The molecule has 0 bridgehead atoms. The molecule has 4 rings (SSSR count). The maximum absolute atomic E-state index is 13.0. The highest BCUT2D eigenvalue weighted by Gasteiger charge is 2.34. The van der Waals surface area contributed by atoms with Crippen molar-refractivity contribution in [3.05, 3.63) is 101 Å². The molecule has 0 atom stereocenters. The Morgan fingerprint density at radius 3 is 2.55 bits per heavy atom. The molecule has 38 heavy (non-hydrogen) atoms. The number of imide groups is 1. The normalized spacial score (nSPS) is 14.0. The van der Waals surface area contributed by atoms with Crippen molar-refractivity contribution in [1.82, 2.24) is 10.2 Å². The number of carbonyl (C=O) groups is 3. The van der Waals surface area contributed by atoms with Gasteiger partial charge in [-0.25, -0.2) is 9.59 Å². The van der Waals surface area contributed by atoms with Crippen molar-refractivity contribution in [2.75, 3.05) is 14.2 Å². The van der Waals surface area contributed by atoms with Crippen molar-refractivity contribution in [3.8, 4) is 11.5 Å². The van der Waals surface area contributed by atoms with E-state index in [2.05, 4.69) is 16.6 Å². The largest absolute Gasteiger partial charge is 0.493 e. The number of esters is 1. The summed E-state index contributed by atoms with van der Waals surface area (Å²) < 4.78 is 21.7. The summed E-state index contributed by atoms with van der Waals surface area (Å²) in [5, 5.41) is 2.59. The fourth-order valence-corrected chi connectivity index (χ4v) is 3.94. The second-order valence-corrected chi connectivity index (χ2v) is 8.62. The summed E-state index contributed by atoms with van der Waals surface area (Å²) in [6.07, 6.45) is 3.83. The Labute approximate surface area is 220 Å². The number of methoxy groups -OCH3 is 2. The Kier molecular flexibility index (Phi) is 7.96. The van der Waals surface area contributed by atoms with E-state index < -0.39 is 17.9 Å². The maximum atomic E-state index is 13.0. The number of furan rings is 1. The highest BCUT2D eigenvalue weighted by molar-refractivity contribution is 6.13. The molecule has 1 aromatic heterocycles. The Bertz CT molecular complexity index is 1400. The molecule has 0 unspecified atom stereocenters. The molecule has 1 N–H and O–H groups in total. The zero-order valence-corrected chi connectivity index (χ0v) is 21.4. The lowest BCUT2D eigenvalue weighted by molar-refractivity contribution is -0.123. The van der Waals surface area contributed by atoms with E-state index in [4.69, 9.17) is 13.9 Å². The first kappa shape index (κ1) is 26.3. The van der Waals surface area contributed by atoms with Gasteiger partial charge in [0, 0.05) is 5.56 Å². The standard InChI is InChI=1S/C29H28N2O7/c1-5-6-21-13-20(15-25(35-3)26(21)37-17-19-9-7-18(2)8-10-19)14-23-27(32)31(29(34)30-23)16-22-11-12-24(38-22)28(33)36-4/h5,7-15H,1,6,16-17H2,2-4H3,(H,30,34)/b23-14-. The predicted molar refractivity (Wildman–Crippen MR) is 140 cm³/mol. The van der Waals surface area contributed by atoms with Crippen LogP contribution in [0.1, 0.15) is 38.6 Å². The number of carbonyl (C=O) groups excluding carboxylic acids is 3. The number of hydrogen-bond acceptors (Lipinski definition) is 7. The van der Waals surface area contributed by atoms with E-state index in [1.54, 1.807) is 25.3 Å². The maximum Gasteiger partial charge on any atom is 0.373 e. The first-order chi connectivity index (χ1) is 18.3. The molecule has 0 aliphatic carbocycles. The molecule has 3 amide bonds. The number of nitrogens with one attached hydrogen (secondary N) is 1. The van der Waals surface area contributed by atoms with Gasteiger partial charge in [0.05, 0.1) is 20.8 Å². The molecule has 2 heterocycles. The fraction of sp³-hybridized carbons (Fsp3) is 0.207. The van der Waals surface area contributed by atoms with Gasteiger partial charge in [-0.05, 0) is 54.8 Å². The summed E-state index contributed by atoms with van der Waals surface area (Å²) in [6.45, 7) is 6.07. The minimum atomic E-state index is -0.649. The number of urea groups is 1. The molecule has 196 valence electrons. The van der Waals surface area contributed by atoms with Crippen LogP contribution in [-0.2, 0) is 29.1 Å². The van der Waals surface area contributed by atoms with Gasteiger partial charge >= 0.3 is 12.0 Å². The number of hydrogen-bond donors (Lipinski definition) is 1. The van der Waals surface area contributed by atoms with E-state index in [-0.39, 0.29) is 23.8 Å². The quantitative estimate of drug-likeness (QED) is 0.179. The van der Waals surface area contributed by atoms with E-state index in [0.29, 0.717) is 30.1 Å². The van der Waals surface area contributed by atoms with E-state index in [1.165, 1.54) is 24.8 Å². The van der Waals surface area contributed by atoms with Crippen molar-refractivity contribution >= 4 is 24.0 Å². The van der Waals surface area contributed by atoms with Gasteiger partial charge in [-0.3, -0.25) is 9.69 Å². The summed E-state index contributed by atoms with van der Waals surface area (Å²) in [4.78, 5) is 38.1. The van der Waals surface area contributed by atoms with Gasteiger partial charge in [-0.15, -0.1) is 6.58 Å². The smallest absolute Gasteiger partial charge is 0.373 e. The molecule has 3 aromatic rings. The van der Waals surface area contributed by atoms with Crippen LogP contribution in [-0.4, -0.2) is 37.0 Å². The highest BCUT2D eigenvalue weighted by atomic mass is 16.5. The first-order valence-corrected chi connectivity index (χ1v) is 11.8. The third-order valence-electron chi connectivity index (χ3n) is 5.88. The lowest BCUT2D eigenvalue weighted by atomic mass is 10.0. The lowest BCUT2D eigenvalue weighted by Gasteiger charge is -2.16. The van der Waals surface area contributed by atoms with Gasteiger partial charge in [0.1, 0.15) is 18.1 Å². The van der Waals surface area contributed by atoms with Crippen LogP contribution in [0.25, 0.3) is 6.08 Å². The molecule has 1 saturated heterocycles. The zero-order chi connectivity index (χ0) is 27.2. The third kappa shape index (κ3) is 5.78. The molecule has 0 saturated carbocycles. The third-order valence-corrected chi connectivity index (χ3v) is 5.88. The van der Waals surface area contributed by atoms with Crippen molar-refractivity contribution < 1.29 is 33.0 Å². The summed E-state index contributed by atoms with van der Waals surface area (Å²) >= 11 is 0. The van der Waals surface area contributed by atoms with Crippen LogP contribution in [0.4, 0.5) is 4.79 Å². The SMILES string of the molecule is C=CCc1cc(/C=C2\NC(=O)N(Cc3ccc(C(=O)OC)o3)C2=O)cc(OC)c1OCc1ccc(C)cc1. The van der Waals surface area contributed by atoms with Crippen LogP contribution in [0.5, 0.6) is 11.5 Å². The first-order valence-electron chi connectivity index (χ1n) is 11.8. The summed E-state index contributed by atoms with van der Waals surface area (Å²) in [5.74, 6) is 0.136. The van der Waals surface area contributed by atoms with E-state index in [9.17, 15) is 14.4 Å². The van der Waals surface area contributed by atoms with Gasteiger partial charge < -0.3 is 23.9 Å². The number of benzene rings is 2. The van der Waals surface area contributed by atoms with Crippen LogP contribution < -0.4 is 14.8 Å². The minimum Gasteiger partial charge on any atom is -0.493 e. The Morgan fingerprint density at radius 2 is 1.87 bits per heavy atom. The number of rotatable bonds is 10. The number of amides is 3. The van der Waals surface area contributed by atoms with Crippen molar-refractivity contribution in [1.29, 1.82) is 0 Å². The van der Waals surface area contributed by atoms with E-state index >= 15 is 0 Å². The molecule has 1 fully saturated rings. The van der Waals surface area contributed by atoms with E-state index in [0.717, 1.165) is 16.0 Å². The molecular formula is C29H28N2O7. The van der Waals surface area contributed by atoms with Gasteiger partial charge in [-0.2, -0.15) is 0 Å². The number of allylic oxidation sites excluding steroid dienone is 1. The van der Waals surface area contributed by atoms with Crippen LogP contribution in [0.3, 0.4) is 0 Å². The molecule has 1 aliphatic rings. The average molecular weight is 517 g/mol. The Morgan fingerprint density at radius 1 is 1.11 bits per heavy atom. The van der Waals surface area contributed by atoms with Crippen molar-refractivity contribution in [3.63, 3.8) is 0 Å². The van der Waals surface area contributed by atoms with Crippen LogP contribution in [0, 0.1) is 6.92 Å². The molecule has 9 heteroatoms. The summed E-state index contributed by atoms with van der Waals surface area (Å²) in [6, 6.07) is 14.0. The van der Waals surface area contributed by atoms with E-state index in [1.807, 2.05) is 37.3 Å². The Balaban J connectivity index is 1.56. The average Bonchev–Trinajstić information content (AvgIpc) is 3.49. The second-order valence-electron chi connectivity index (χ2n) is 8.62. The summed E-state index contributed by atoms with van der Waals surface area (Å²) in [7, 11) is 2.77. The topological polar surface area (TPSA) is 107 Å². The number of aryl methyl sites for hydroxylation is 1. The van der Waals surface area contributed by atoms with Crippen LogP contribution >= 0.6 is 0 Å². The zero-order valence-electron chi connectivity index (χ0n) is 21.4. The molecule has 2 aromatic carbocycles. The number of nitrogens with zero attached hydrogens (tertiary/aromatic N) is 1. The molecule has 1 aliphatic heterocycles. The fourth-order valence-electron chi connectivity index (χ4n) is 3.94. The number of ether oxygens (including phenoxy) is 3. The van der Waals surface area contributed by atoms with Gasteiger partial charge in [0.25, 0.3) is 5.91 Å². The van der Waals surface area contributed by atoms with Crippen LogP contribution in [0.15, 0.2) is 71.3 Å². The highest BCUT2D eigenvalue weighted by Crippen LogP contribution is 2.35. The van der Waals surface area contributed by atoms with Gasteiger partial charge in [0.15, 0.2) is 11.5 Å². The van der Waals surface area contributed by atoms with Crippen molar-refractivity contribution in [2.45, 2.75) is 26.5 Å². The second kappa shape index (κ2) is 11.5.